The molecular formula is C15H25B2N2O2. The summed E-state index contributed by atoms with van der Waals surface area (Å²) < 4.78 is 0. The van der Waals surface area contributed by atoms with Gasteiger partial charge in [-0.25, -0.2) is 0 Å². The molecule has 2 atom stereocenters. The Labute approximate surface area is 130 Å². The van der Waals surface area contributed by atoms with E-state index in [9.17, 15) is 9.59 Å². The van der Waals surface area contributed by atoms with Crippen molar-refractivity contribution < 1.29 is 9.59 Å². The van der Waals surface area contributed by atoms with Gasteiger partial charge in [0.2, 0.25) is 7.85 Å². The molecule has 1 aliphatic carbocycles. The van der Waals surface area contributed by atoms with Crippen molar-refractivity contribution in [2.75, 3.05) is 6.54 Å². The van der Waals surface area contributed by atoms with E-state index in [1.54, 1.807) is 5.98 Å². The molecule has 21 heavy (non-hydrogen) atoms. The van der Waals surface area contributed by atoms with Crippen LogP contribution in [0.15, 0.2) is 12.1 Å². The van der Waals surface area contributed by atoms with Gasteiger partial charge in [0.15, 0.2) is 11.6 Å². The summed E-state index contributed by atoms with van der Waals surface area (Å²) in [5.74, 6) is 1.16. The van der Waals surface area contributed by atoms with Crippen molar-refractivity contribution in [1.82, 2.24) is 10.6 Å². The van der Waals surface area contributed by atoms with Crippen molar-refractivity contribution >= 4 is 26.7 Å². The van der Waals surface area contributed by atoms with E-state index in [-0.39, 0.29) is 22.7 Å². The van der Waals surface area contributed by atoms with Crippen LogP contribution < -0.4 is 10.6 Å². The Bertz CT molecular complexity index is 424. The fourth-order valence-corrected chi connectivity index (χ4v) is 3.61. The predicted octanol–water partition coefficient (Wildman–Crippen LogP) is 2.40. The highest BCUT2D eigenvalue weighted by Gasteiger charge is 2.41. The molecule has 2 unspecified atom stereocenters. The highest BCUT2D eigenvalue weighted by atomic mass is 16.1. The molecule has 1 aliphatic rings. The van der Waals surface area contributed by atoms with Gasteiger partial charge in [0.1, 0.15) is 0 Å². The van der Waals surface area contributed by atoms with Gasteiger partial charge in [-0.3, -0.25) is 9.59 Å². The summed E-state index contributed by atoms with van der Waals surface area (Å²) in [5, 5.41) is 5.77. The molecule has 0 aromatic carbocycles. The summed E-state index contributed by atoms with van der Waals surface area (Å²) in [6.07, 6.45) is 4.55. The third-order valence-electron chi connectivity index (χ3n) is 3.92. The maximum absolute atomic E-state index is 11.7. The van der Waals surface area contributed by atoms with E-state index in [1.807, 2.05) is 13.0 Å². The topological polar surface area (TPSA) is 58.2 Å². The van der Waals surface area contributed by atoms with E-state index >= 15 is 0 Å². The molecule has 0 aromatic heterocycles. The lowest BCUT2D eigenvalue weighted by Gasteiger charge is -2.47. The highest BCUT2D eigenvalue weighted by Crippen LogP contribution is 2.45. The Morgan fingerprint density at radius 2 is 2.00 bits per heavy atom. The van der Waals surface area contributed by atoms with E-state index in [0.717, 1.165) is 19.3 Å². The highest BCUT2D eigenvalue weighted by molar-refractivity contribution is 6.77. The van der Waals surface area contributed by atoms with Crippen molar-refractivity contribution in [2.24, 2.45) is 10.8 Å². The van der Waals surface area contributed by atoms with Crippen molar-refractivity contribution in [2.45, 2.75) is 53.0 Å². The molecule has 1 rings (SSSR count). The first kappa shape index (κ1) is 17.9. The summed E-state index contributed by atoms with van der Waals surface area (Å²) in [6, 6.07) is 0.0627. The molecule has 0 aliphatic heterocycles. The van der Waals surface area contributed by atoms with Crippen LogP contribution in [0.5, 0.6) is 0 Å². The average molecular weight is 287 g/mol. The van der Waals surface area contributed by atoms with Gasteiger partial charge in [-0.05, 0) is 37.0 Å². The van der Waals surface area contributed by atoms with Crippen molar-refractivity contribution in [1.29, 1.82) is 0 Å². The predicted molar refractivity (Wildman–Crippen MR) is 87.8 cm³/mol. The summed E-state index contributed by atoms with van der Waals surface area (Å²) in [7, 11) is 6.77. The van der Waals surface area contributed by atoms with Crippen molar-refractivity contribution in [3.05, 3.63) is 12.1 Å². The minimum Gasteiger partial charge on any atom is -0.364 e. The van der Waals surface area contributed by atoms with E-state index < -0.39 is 5.81 Å². The van der Waals surface area contributed by atoms with E-state index in [2.05, 4.69) is 31.4 Å². The lowest BCUT2D eigenvalue weighted by Crippen LogP contribution is -2.50. The summed E-state index contributed by atoms with van der Waals surface area (Å²) in [4.78, 5) is 22.8. The number of allylic oxidation sites excluding steroid dienone is 1. The van der Waals surface area contributed by atoms with Crippen LogP contribution in [0.3, 0.4) is 0 Å². The van der Waals surface area contributed by atoms with Gasteiger partial charge in [-0.15, -0.1) is 12.1 Å². The number of carbonyl (C=O) groups excluding carboxylic acids is 2. The number of amides is 2. The quantitative estimate of drug-likeness (QED) is 0.763. The molecule has 1 saturated carbocycles. The average Bonchev–Trinajstić information content (AvgIpc) is 2.30. The fourth-order valence-electron chi connectivity index (χ4n) is 3.61. The van der Waals surface area contributed by atoms with Crippen LogP contribution in [0, 0.1) is 10.8 Å². The zero-order valence-electron chi connectivity index (χ0n) is 13.5. The van der Waals surface area contributed by atoms with Gasteiger partial charge in [-0.1, -0.05) is 20.8 Å². The molecular weight excluding hydrogens is 262 g/mol. The molecule has 0 bridgehead atoms. The summed E-state index contributed by atoms with van der Waals surface area (Å²) in [6.45, 7) is 9.00. The summed E-state index contributed by atoms with van der Waals surface area (Å²) in [5.41, 5.74) is 0.0617. The second-order valence-electron chi connectivity index (χ2n) is 7.18. The molecule has 0 heterocycles. The lowest BCUT2D eigenvalue weighted by molar-refractivity contribution is 0.0770. The van der Waals surface area contributed by atoms with E-state index in [1.165, 1.54) is 7.28 Å². The third kappa shape index (κ3) is 6.40. The number of nitrogens with one attached hydrogen (secondary N) is 2. The largest absolute Gasteiger partial charge is 0.364 e. The molecule has 0 aromatic rings. The minimum absolute atomic E-state index is 0.0473. The molecule has 4 nitrogen and oxygen atoms in total. The van der Waals surface area contributed by atoms with Crippen LogP contribution in [0.25, 0.3) is 0 Å². The van der Waals surface area contributed by atoms with E-state index in [4.69, 9.17) is 7.85 Å². The first-order valence-corrected chi connectivity index (χ1v) is 7.46. The number of hydrogen-bond donors (Lipinski definition) is 2. The van der Waals surface area contributed by atoms with Crippen LogP contribution in [0.1, 0.15) is 47.0 Å². The fraction of sp³-hybridized carbons (Fsp3) is 0.733. The molecule has 113 valence electrons. The Morgan fingerprint density at radius 3 is 2.57 bits per heavy atom. The molecule has 2 amide bonds. The van der Waals surface area contributed by atoms with Crippen molar-refractivity contribution in [3.63, 3.8) is 0 Å². The van der Waals surface area contributed by atoms with Crippen LogP contribution in [-0.4, -0.2) is 39.3 Å². The van der Waals surface area contributed by atoms with Crippen molar-refractivity contribution in [3.8, 4) is 0 Å². The minimum atomic E-state index is -0.481. The molecule has 0 spiro atoms. The second kappa shape index (κ2) is 7.19. The maximum atomic E-state index is 11.7. The van der Waals surface area contributed by atoms with Crippen LogP contribution in [0.2, 0.25) is 0 Å². The first-order chi connectivity index (χ1) is 9.66. The first-order valence-electron chi connectivity index (χ1n) is 7.46. The standard InChI is InChI=1S/C15H25B2N2O2/c1-5-6-17-13(21)18-10-15(4)8-11(19-12(16)20)7-14(2,3)9-15/h5-6,11H,7-10H2,1-4H3,(H,18,21)(H,19,20)/b6-5+. The SMILES string of the molecule is [B]C(=O)NC1CC(C)(C)CC(C)(CNC(=O)[B]/C=C/C)C1. The second-order valence-corrected chi connectivity index (χ2v) is 7.18. The van der Waals surface area contributed by atoms with Crippen LogP contribution in [-0.2, 0) is 0 Å². The van der Waals surface area contributed by atoms with Gasteiger partial charge >= 0.3 is 0 Å². The zero-order valence-corrected chi connectivity index (χ0v) is 13.5. The Kier molecular flexibility index (Phi) is 6.11. The van der Waals surface area contributed by atoms with E-state index in [0.29, 0.717) is 6.54 Å². The van der Waals surface area contributed by atoms with Gasteiger partial charge in [0, 0.05) is 12.6 Å². The lowest BCUT2D eigenvalue weighted by atomic mass is 9.62. The zero-order chi connectivity index (χ0) is 16.1. The Hall–Kier alpha value is -1.19. The normalized spacial score (nSPS) is 28.1. The summed E-state index contributed by atoms with van der Waals surface area (Å²) >= 11 is 0. The molecule has 1 fully saturated rings. The van der Waals surface area contributed by atoms with Gasteiger partial charge in [0.05, 0.1) is 0 Å². The molecule has 0 saturated heterocycles. The maximum Gasteiger partial charge on any atom is 0.261 e. The van der Waals surface area contributed by atoms with Crippen LogP contribution in [0.4, 0.5) is 9.59 Å². The number of hydrogen-bond acceptors (Lipinski definition) is 2. The molecule has 2 N–H and O–H groups in total. The Balaban J connectivity index is 2.64. The van der Waals surface area contributed by atoms with Crippen LogP contribution >= 0.6 is 0 Å². The van der Waals surface area contributed by atoms with Gasteiger partial charge in [-0.2, -0.15) is 0 Å². The number of carbonyl (C=O) groups is 2. The number of rotatable bonds is 5. The van der Waals surface area contributed by atoms with Gasteiger partial charge < -0.3 is 10.6 Å². The molecule has 6 heteroatoms. The third-order valence-corrected chi connectivity index (χ3v) is 3.92. The smallest absolute Gasteiger partial charge is 0.261 e. The molecule has 3 radical (unpaired) electrons. The van der Waals surface area contributed by atoms with Gasteiger partial charge in [0.25, 0.3) is 7.28 Å². The monoisotopic (exact) mass is 287 g/mol. The Morgan fingerprint density at radius 1 is 1.33 bits per heavy atom.